The van der Waals surface area contributed by atoms with Gasteiger partial charge in [0.15, 0.2) is 0 Å². The summed E-state index contributed by atoms with van der Waals surface area (Å²) in [5, 5.41) is 2.43. The lowest BCUT2D eigenvalue weighted by atomic mass is 9.93. The molecule has 2 aromatic carbocycles. The molecule has 0 spiro atoms. The van der Waals surface area contributed by atoms with Gasteiger partial charge >= 0.3 is 5.63 Å². The smallest absolute Gasteiger partial charge is 0.344 e. The lowest BCUT2D eigenvalue weighted by Crippen LogP contribution is -2.02. The van der Waals surface area contributed by atoms with Gasteiger partial charge in [-0.2, -0.15) is 0 Å². The van der Waals surface area contributed by atoms with Gasteiger partial charge < -0.3 is 4.42 Å². The van der Waals surface area contributed by atoms with Gasteiger partial charge in [-0.3, -0.25) is 0 Å². The minimum absolute atomic E-state index is 0.308. The second-order valence-electron chi connectivity index (χ2n) is 5.66. The number of allylic oxidation sites excluding steroid dienone is 4. The van der Waals surface area contributed by atoms with Gasteiger partial charge in [0.2, 0.25) is 0 Å². The van der Waals surface area contributed by atoms with Crippen LogP contribution in [0.1, 0.15) is 18.1 Å². The van der Waals surface area contributed by atoms with Crippen molar-refractivity contribution in [1.82, 2.24) is 0 Å². The van der Waals surface area contributed by atoms with Crippen molar-refractivity contribution in [3.05, 3.63) is 88.8 Å². The molecule has 0 amide bonds. The van der Waals surface area contributed by atoms with Crippen LogP contribution in [-0.2, 0) is 0 Å². The molecular formula is C21H18O2. The molecule has 0 aliphatic carbocycles. The molecule has 0 aliphatic heterocycles. The summed E-state index contributed by atoms with van der Waals surface area (Å²) in [6, 6.07) is 11.5. The topological polar surface area (TPSA) is 30.2 Å². The number of aryl methyl sites for hydroxylation is 1. The zero-order valence-corrected chi connectivity index (χ0v) is 13.3. The summed E-state index contributed by atoms with van der Waals surface area (Å²) < 4.78 is 5.41. The first kappa shape index (κ1) is 15.0. The summed E-state index contributed by atoms with van der Waals surface area (Å²) in [7, 11) is 0. The molecule has 2 heteroatoms. The summed E-state index contributed by atoms with van der Waals surface area (Å²) >= 11 is 0. The van der Waals surface area contributed by atoms with Gasteiger partial charge in [-0.15, -0.1) is 0 Å². The van der Waals surface area contributed by atoms with E-state index in [1.54, 1.807) is 6.08 Å². The Morgan fingerprint density at radius 1 is 1.13 bits per heavy atom. The molecule has 23 heavy (non-hydrogen) atoms. The van der Waals surface area contributed by atoms with E-state index in [4.69, 9.17) is 4.42 Å². The van der Waals surface area contributed by atoms with Gasteiger partial charge in [-0.25, -0.2) is 4.79 Å². The first-order chi connectivity index (χ1) is 11.0. The van der Waals surface area contributed by atoms with Crippen molar-refractivity contribution in [2.45, 2.75) is 13.8 Å². The molecule has 1 aromatic heterocycles. The van der Waals surface area contributed by atoms with Gasteiger partial charge in [0.1, 0.15) is 5.58 Å². The predicted molar refractivity (Wildman–Crippen MR) is 97.7 cm³/mol. The van der Waals surface area contributed by atoms with Crippen molar-refractivity contribution in [3.63, 3.8) is 0 Å². The van der Waals surface area contributed by atoms with Crippen LogP contribution in [0.25, 0.3) is 27.3 Å². The Hall–Kier alpha value is -2.87. The predicted octanol–water partition coefficient (Wildman–Crippen LogP) is 5.40. The highest BCUT2D eigenvalue weighted by Gasteiger charge is 2.12. The first-order valence-electron chi connectivity index (χ1n) is 7.48. The van der Waals surface area contributed by atoms with Gasteiger partial charge in [0.05, 0.1) is 5.39 Å². The van der Waals surface area contributed by atoms with Crippen LogP contribution in [0, 0.1) is 6.92 Å². The molecule has 1 heterocycles. The molecule has 0 aliphatic rings. The average molecular weight is 302 g/mol. The molecule has 0 saturated heterocycles. The van der Waals surface area contributed by atoms with Crippen molar-refractivity contribution < 1.29 is 4.42 Å². The number of hydrogen-bond acceptors (Lipinski definition) is 2. The van der Waals surface area contributed by atoms with E-state index in [0.29, 0.717) is 11.0 Å². The van der Waals surface area contributed by atoms with Crippen LogP contribution >= 0.6 is 0 Å². The van der Waals surface area contributed by atoms with Crippen molar-refractivity contribution in [2.24, 2.45) is 0 Å². The molecule has 0 bridgehead atoms. The van der Waals surface area contributed by atoms with Crippen LogP contribution < -0.4 is 5.63 Å². The molecule has 2 nitrogen and oxygen atoms in total. The molecule has 0 atom stereocenters. The standard InChI is InChI=1S/C21H18O2/c1-5-8-13(2)15(4)17-12-18-16-9-6-7-10-20(16)23-21(22)19(18)11-14(17)3/h5-12H,1,4H2,2-3H3/b13-8-. The third-order valence-electron chi connectivity index (χ3n) is 4.13. The van der Waals surface area contributed by atoms with Crippen molar-refractivity contribution in [2.75, 3.05) is 0 Å². The van der Waals surface area contributed by atoms with Crippen LogP contribution in [0.3, 0.4) is 0 Å². The van der Waals surface area contributed by atoms with E-state index in [1.165, 1.54) is 0 Å². The second-order valence-corrected chi connectivity index (χ2v) is 5.66. The van der Waals surface area contributed by atoms with Crippen LogP contribution in [0.2, 0.25) is 0 Å². The lowest BCUT2D eigenvalue weighted by molar-refractivity contribution is 0.569. The van der Waals surface area contributed by atoms with E-state index in [2.05, 4.69) is 13.2 Å². The van der Waals surface area contributed by atoms with Crippen LogP contribution in [0.15, 0.2) is 76.5 Å². The summed E-state index contributed by atoms with van der Waals surface area (Å²) in [4.78, 5) is 12.2. The Balaban J connectivity index is 2.38. The fourth-order valence-corrected chi connectivity index (χ4v) is 2.85. The molecule has 0 unspecified atom stereocenters. The van der Waals surface area contributed by atoms with Crippen molar-refractivity contribution in [3.8, 4) is 0 Å². The number of para-hydroxylation sites is 1. The van der Waals surface area contributed by atoms with Gasteiger partial charge in [0, 0.05) is 10.8 Å². The Morgan fingerprint density at radius 3 is 2.61 bits per heavy atom. The van der Waals surface area contributed by atoms with E-state index in [1.807, 2.05) is 56.3 Å². The fourth-order valence-electron chi connectivity index (χ4n) is 2.85. The maximum atomic E-state index is 12.2. The molecular weight excluding hydrogens is 284 g/mol. The highest BCUT2D eigenvalue weighted by atomic mass is 16.4. The first-order valence-corrected chi connectivity index (χ1v) is 7.48. The Kier molecular flexibility index (Phi) is 3.75. The maximum absolute atomic E-state index is 12.2. The van der Waals surface area contributed by atoms with Crippen LogP contribution in [-0.4, -0.2) is 0 Å². The van der Waals surface area contributed by atoms with Gasteiger partial charge in [-0.1, -0.05) is 43.5 Å². The molecule has 114 valence electrons. The quantitative estimate of drug-likeness (QED) is 0.368. The van der Waals surface area contributed by atoms with Crippen LogP contribution in [0.4, 0.5) is 0 Å². The van der Waals surface area contributed by atoms with Gasteiger partial charge in [0.25, 0.3) is 0 Å². The highest BCUT2D eigenvalue weighted by molar-refractivity contribution is 6.06. The van der Waals surface area contributed by atoms with Crippen molar-refractivity contribution in [1.29, 1.82) is 0 Å². The minimum Gasteiger partial charge on any atom is -0.422 e. The maximum Gasteiger partial charge on any atom is 0.344 e. The third-order valence-corrected chi connectivity index (χ3v) is 4.13. The summed E-state index contributed by atoms with van der Waals surface area (Å²) in [5.41, 5.74) is 4.31. The molecule has 0 saturated carbocycles. The van der Waals surface area contributed by atoms with E-state index >= 15 is 0 Å². The van der Waals surface area contributed by atoms with E-state index in [-0.39, 0.29) is 5.63 Å². The Bertz CT molecular complexity index is 1030. The summed E-state index contributed by atoms with van der Waals surface area (Å²) in [6.45, 7) is 11.9. The van der Waals surface area contributed by atoms with E-state index in [9.17, 15) is 4.79 Å². The van der Waals surface area contributed by atoms with Gasteiger partial charge in [-0.05, 0) is 54.3 Å². The molecule has 3 aromatic rings. The normalized spacial score (nSPS) is 11.8. The van der Waals surface area contributed by atoms with E-state index < -0.39 is 0 Å². The molecule has 0 N–H and O–H groups in total. The number of fused-ring (bicyclic) bond motifs is 3. The molecule has 0 radical (unpaired) electrons. The SMILES string of the molecule is C=C/C=C(/C)C(=C)c1cc2c(cc1C)c(=O)oc1ccccc12. The second kappa shape index (κ2) is 5.73. The largest absolute Gasteiger partial charge is 0.422 e. The fraction of sp³-hybridized carbons (Fsp3) is 0.0952. The average Bonchev–Trinajstić information content (AvgIpc) is 2.54. The molecule has 3 rings (SSSR count). The lowest BCUT2D eigenvalue weighted by Gasteiger charge is -2.12. The number of hydrogen-bond donors (Lipinski definition) is 0. The molecule has 0 fully saturated rings. The van der Waals surface area contributed by atoms with Crippen molar-refractivity contribution >= 4 is 27.3 Å². The third kappa shape index (κ3) is 2.53. The number of benzene rings is 2. The summed E-state index contributed by atoms with van der Waals surface area (Å²) in [6.07, 6.45) is 3.68. The zero-order valence-electron chi connectivity index (χ0n) is 13.3. The monoisotopic (exact) mass is 302 g/mol. The summed E-state index contributed by atoms with van der Waals surface area (Å²) in [5.74, 6) is 0. The Labute approximate surface area is 135 Å². The Morgan fingerprint density at radius 2 is 1.87 bits per heavy atom. The number of rotatable bonds is 3. The van der Waals surface area contributed by atoms with Crippen LogP contribution in [0.5, 0.6) is 0 Å². The highest BCUT2D eigenvalue weighted by Crippen LogP contribution is 2.30. The minimum atomic E-state index is -0.308. The van der Waals surface area contributed by atoms with E-state index in [0.717, 1.165) is 33.0 Å². The zero-order chi connectivity index (χ0) is 16.6.